The predicted octanol–water partition coefficient (Wildman–Crippen LogP) is 4.02. The molecule has 2 nitrogen and oxygen atoms in total. The summed E-state index contributed by atoms with van der Waals surface area (Å²) >= 11 is 0. The van der Waals surface area contributed by atoms with Gasteiger partial charge in [0.1, 0.15) is 5.75 Å². The monoisotopic (exact) mass is 295 g/mol. The fourth-order valence-corrected chi connectivity index (χ4v) is 2.39. The van der Waals surface area contributed by atoms with Crippen LogP contribution in [0.2, 0.25) is 0 Å². The van der Waals surface area contributed by atoms with Crippen molar-refractivity contribution in [3.05, 3.63) is 65.2 Å². The van der Waals surface area contributed by atoms with E-state index < -0.39 is 17.8 Å². The van der Waals surface area contributed by atoms with Crippen molar-refractivity contribution in [3.8, 4) is 5.75 Å². The summed E-state index contributed by atoms with van der Waals surface area (Å²) in [6.07, 6.45) is -4.40. The average molecular weight is 295 g/mol. The molecule has 5 heteroatoms. The van der Waals surface area contributed by atoms with Crippen molar-refractivity contribution >= 4 is 0 Å². The van der Waals surface area contributed by atoms with Gasteiger partial charge in [-0.2, -0.15) is 13.2 Å². The summed E-state index contributed by atoms with van der Waals surface area (Å²) in [7, 11) is 3.13. The summed E-state index contributed by atoms with van der Waals surface area (Å²) in [6.45, 7) is 0. The Labute approximate surface area is 121 Å². The summed E-state index contributed by atoms with van der Waals surface area (Å²) in [5.74, 6) is 0.550. The third kappa shape index (κ3) is 3.19. The van der Waals surface area contributed by atoms with Gasteiger partial charge in [-0.3, -0.25) is 0 Å². The lowest BCUT2D eigenvalue weighted by molar-refractivity contribution is -0.138. The number of para-hydroxylation sites is 1. The lowest BCUT2D eigenvalue weighted by Gasteiger charge is -2.23. The van der Waals surface area contributed by atoms with Gasteiger partial charge in [-0.25, -0.2) is 0 Å². The quantitative estimate of drug-likeness (QED) is 0.919. The van der Waals surface area contributed by atoms with E-state index in [2.05, 4.69) is 5.32 Å². The summed E-state index contributed by atoms with van der Waals surface area (Å²) in [4.78, 5) is 0. The first-order chi connectivity index (χ1) is 9.99. The molecule has 0 bridgehead atoms. The van der Waals surface area contributed by atoms with Crippen LogP contribution in [0, 0.1) is 0 Å². The molecule has 0 saturated heterocycles. The molecule has 0 amide bonds. The normalized spacial score (nSPS) is 13.0. The van der Waals surface area contributed by atoms with Crippen LogP contribution in [-0.4, -0.2) is 14.2 Å². The molecule has 2 aromatic rings. The third-order valence-corrected chi connectivity index (χ3v) is 3.32. The van der Waals surface area contributed by atoms with Gasteiger partial charge in [0.15, 0.2) is 0 Å². The maximum atomic E-state index is 13.2. The van der Waals surface area contributed by atoms with E-state index >= 15 is 0 Å². The molecule has 1 atom stereocenters. The zero-order valence-corrected chi connectivity index (χ0v) is 11.7. The highest BCUT2D eigenvalue weighted by molar-refractivity contribution is 5.44. The molecule has 0 aliphatic rings. The van der Waals surface area contributed by atoms with E-state index in [1.54, 1.807) is 37.4 Å². The number of hydrogen-bond acceptors (Lipinski definition) is 2. The first kappa shape index (κ1) is 15.4. The SMILES string of the molecule is CNC(c1ccccc1OC)c1ccccc1C(F)(F)F. The van der Waals surface area contributed by atoms with Crippen LogP contribution in [0.1, 0.15) is 22.7 Å². The molecule has 1 N–H and O–H groups in total. The minimum Gasteiger partial charge on any atom is -0.496 e. The zero-order chi connectivity index (χ0) is 15.5. The Hall–Kier alpha value is -2.01. The first-order valence-electron chi connectivity index (χ1n) is 6.45. The van der Waals surface area contributed by atoms with E-state index in [9.17, 15) is 13.2 Å². The fourth-order valence-electron chi connectivity index (χ4n) is 2.39. The van der Waals surface area contributed by atoms with Crippen LogP contribution in [0.3, 0.4) is 0 Å². The molecular formula is C16H16F3NO. The van der Waals surface area contributed by atoms with Crippen molar-refractivity contribution < 1.29 is 17.9 Å². The highest BCUT2D eigenvalue weighted by Gasteiger charge is 2.35. The minimum atomic E-state index is -4.40. The Kier molecular flexibility index (Phi) is 4.53. The van der Waals surface area contributed by atoms with Gasteiger partial charge in [0.2, 0.25) is 0 Å². The van der Waals surface area contributed by atoms with Crippen LogP contribution in [-0.2, 0) is 6.18 Å². The molecule has 0 aromatic heterocycles. The summed E-state index contributed by atoms with van der Waals surface area (Å²) in [6, 6.07) is 12.0. The molecule has 0 aliphatic carbocycles. The van der Waals surface area contributed by atoms with Gasteiger partial charge in [0, 0.05) is 5.56 Å². The van der Waals surface area contributed by atoms with Crippen molar-refractivity contribution in [3.63, 3.8) is 0 Å². The van der Waals surface area contributed by atoms with Crippen LogP contribution >= 0.6 is 0 Å². The van der Waals surface area contributed by atoms with E-state index in [4.69, 9.17) is 4.74 Å². The van der Waals surface area contributed by atoms with Crippen LogP contribution in [0.15, 0.2) is 48.5 Å². The van der Waals surface area contributed by atoms with Crippen LogP contribution in [0.25, 0.3) is 0 Å². The van der Waals surface area contributed by atoms with Gasteiger partial charge in [0.25, 0.3) is 0 Å². The number of alkyl halides is 3. The van der Waals surface area contributed by atoms with Gasteiger partial charge < -0.3 is 10.1 Å². The Morgan fingerprint density at radius 1 is 0.952 bits per heavy atom. The van der Waals surface area contributed by atoms with Crippen molar-refractivity contribution in [1.82, 2.24) is 5.32 Å². The molecule has 112 valence electrons. The van der Waals surface area contributed by atoms with Crippen LogP contribution in [0.4, 0.5) is 13.2 Å². The number of halogens is 3. The molecule has 0 spiro atoms. The lowest BCUT2D eigenvalue weighted by atomic mass is 9.93. The third-order valence-electron chi connectivity index (χ3n) is 3.32. The van der Waals surface area contributed by atoms with Gasteiger partial charge in [-0.15, -0.1) is 0 Å². The van der Waals surface area contributed by atoms with Crippen molar-refractivity contribution in [1.29, 1.82) is 0 Å². The van der Waals surface area contributed by atoms with E-state index in [0.717, 1.165) is 6.07 Å². The largest absolute Gasteiger partial charge is 0.496 e. The number of hydrogen-bond donors (Lipinski definition) is 1. The molecular weight excluding hydrogens is 279 g/mol. The summed E-state index contributed by atoms with van der Waals surface area (Å²) in [5.41, 5.74) is 0.200. The van der Waals surface area contributed by atoms with E-state index in [1.165, 1.54) is 19.2 Å². The van der Waals surface area contributed by atoms with Crippen molar-refractivity contribution in [2.45, 2.75) is 12.2 Å². The topological polar surface area (TPSA) is 21.3 Å². The maximum absolute atomic E-state index is 13.2. The fraction of sp³-hybridized carbons (Fsp3) is 0.250. The van der Waals surface area contributed by atoms with E-state index in [-0.39, 0.29) is 5.56 Å². The Bertz CT molecular complexity index is 610. The zero-order valence-electron chi connectivity index (χ0n) is 11.7. The number of methoxy groups -OCH3 is 1. The minimum absolute atomic E-state index is 0.178. The Balaban J connectivity index is 2.58. The molecule has 0 heterocycles. The summed E-state index contributed by atoms with van der Waals surface area (Å²) < 4.78 is 44.8. The molecule has 2 aromatic carbocycles. The van der Waals surface area contributed by atoms with Crippen LogP contribution in [0.5, 0.6) is 5.75 Å². The molecule has 0 fully saturated rings. The highest BCUT2D eigenvalue weighted by Crippen LogP contribution is 2.38. The number of nitrogens with one attached hydrogen (secondary N) is 1. The molecule has 0 saturated carbocycles. The second-order valence-electron chi connectivity index (χ2n) is 4.55. The van der Waals surface area contributed by atoms with Gasteiger partial charge in [0.05, 0.1) is 18.7 Å². The molecule has 0 radical (unpaired) electrons. The molecule has 0 aliphatic heterocycles. The number of ether oxygens (including phenoxy) is 1. The summed E-state index contributed by atoms with van der Waals surface area (Å²) in [5, 5.41) is 2.94. The second kappa shape index (κ2) is 6.18. The molecule has 1 unspecified atom stereocenters. The van der Waals surface area contributed by atoms with E-state index in [1.807, 2.05) is 0 Å². The maximum Gasteiger partial charge on any atom is 0.416 e. The Morgan fingerprint density at radius 3 is 2.10 bits per heavy atom. The van der Waals surface area contributed by atoms with Gasteiger partial charge in [-0.05, 0) is 24.7 Å². The number of rotatable bonds is 4. The standard InChI is InChI=1S/C16H16F3NO/c1-20-15(12-8-4-6-10-14(12)21-2)11-7-3-5-9-13(11)16(17,18)19/h3-10,15,20H,1-2H3. The molecule has 21 heavy (non-hydrogen) atoms. The van der Waals surface area contributed by atoms with Crippen molar-refractivity contribution in [2.24, 2.45) is 0 Å². The lowest BCUT2D eigenvalue weighted by Crippen LogP contribution is -2.22. The Morgan fingerprint density at radius 2 is 1.52 bits per heavy atom. The number of benzene rings is 2. The second-order valence-corrected chi connectivity index (χ2v) is 4.55. The smallest absolute Gasteiger partial charge is 0.416 e. The molecule has 2 rings (SSSR count). The predicted molar refractivity (Wildman–Crippen MR) is 75.3 cm³/mol. The van der Waals surface area contributed by atoms with E-state index in [0.29, 0.717) is 11.3 Å². The van der Waals surface area contributed by atoms with Gasteiger partial charge >= 0.3 is 6.18 Å². The van der Waals surface area contributed by atoms with Gasteiger partial charge in [-0.1, -0.05) is 36.4 Å². The first-order valence-corrected chi connectivity index (χ1v) is 6.45. The average Bonchev–Trinajstić information content (AvgIpc) is 2.48. The highest BCUT2D eigenvalue weighted by atomic mass is 19.4. The van der Waals surface area contributed by atoms with Crippen LogP contribution < -0.4 is 10.1 Å². The van der Waals surface area contributed by atoms with Crippen molar-refractivity contribution in [2.75, 3.05) is 14.2 Å².